The van der Waals surface area contributed by atoms with Crippen molar-refractivity contribution in [3.05, 3.63) is 10.4 Å². The Bertz CT molecular complexity index is 1640. The van der Waals surface area contributed by atoms with E-state index in [0.29, 0.717) is 12.3 Å². The van der Waals surface area contributed by atoms with E-state index in [9.17, 15) is 25.0 Å². The number of hydrogen-bond donors (Lipinski definition) is 1. The molecule has 17 nitrogen and oxygen atoms in total. The number of hydrogen-bond acceptors (Lipinski definition) is 15. The number of carbonyl (C=O) groups excluding carboxylic acids is 3. The maximum Gasteiger partial charge on any atom is 0.335 e. The quantitative estimate of drug-likeness (QED) is 0.0609. The number of aliphatic hydroxyl groups is 1. The molecule has 3 heterocycles. The van der Waals surface area contributed by atoms with Gasteiger partial charge in [0.25, 0.3) is 0 Å². The van der Waals surface area contributed by atoms with Crippen molar-refractivity contribution in [3.63, 3.8) is 0 Å². The highest BCUT2D eigenvalue weighted by Gasteiger charge is 2.77. The SMILES string of the molecule is CC(=O)OC[C@H]1O[C@H](O[C@@H]2[C@@H](O)[C@@H]3O[Si](C(C)C)(C(C)C)O[Si](C(C)C)(C(C)C)O[C@H]3[C@H]3OC4(C[C@@H]5CC[C@@]4(C)C5(C)C)O[C@H]32)[C@H](N=[N+]=[N-])[C@@H](OC(C)=O)[C@@H]1OC(C)=O. The van der Waals surface area contributed by atoms with Crippen LogP contribution in [0.1, 0.15) is 116 Å². The van der Waals surface area contributed by atoms with Gasteiger partial charge in [0.2, 0.25) is 0 Å². The van der Waals surface area contributed by atoms with E-state index in [2.05, 4.69) is 86.2 Å². The summed E-state index contributed by atoms with van der Waals surface area (Å²) in [6, 6.07) is -1.45. The lowest BCUT2D eigenvalue weighted by atomic mass is 9.68. The Morgan fingerprint density at radius 2 is 1.34 bits per heavy atom. The molecular formula is C40H67N3O14Si2. The average molecular weight is 870 g/mol. The van der Waals surface area contributed by atoms with E-state index in [1.807, 2.05) is 0 Å². The van der Waals surface area contributed by atoms with Crippen molar-refractivity contribution in [1.82, 2.24) is 0 Å². The average Bonchev–Trinajstić information content (AvgIpc) is 3.60. The standard InChI is InChI=1S/C40H67N3O14Si2/c1-19(2)58(20(3)4)55-33-29(47)32(52-37-28(42-43-41)31(50-25(11)46)30(49-24(10)45)27(51-37)18-48-23(9)44)34-35(36(33)56-59(57-58,21(5)6)22(7)8)54-40(53-34)17-26-15-16-39(40,14)38(26,12)13/h19-22,26-37,47H,15-18H2,1-14H3/t26-,27+,28+,29+,30+,31+,32+,33-,34-,35-,36+,37+,39-,40?/m0/s1. The molecule has 3 aliphatic carbocycles. The minimum absolute atomic E-state index is 0.00629. The van der Waals surface area contributed by atoms with Gasteiger partial charge in [0, 0.05) is 37.5 Å². The van der Waals surface area contributed by atoms with E-state index in [4.69, 9.17) is 46.1 Å². The van der Waals surface area contributed by atoms with Crippen LogP contribution < -0.4 is 0 Å². The fourth-order valence-electron chi connectivity index (χ4n) is 11.2. The molecule has 3 saturated heterocycles. The molecule has 6 aliphatic rings. The second kappa shape index (κ2) is 16.5. The predicted octanol–water partition coefficient (Wildman–Crippen LogP) is 6.23. The summed E-state index contributed by atoms with van der Waals surface area (Å²) < 4.78 is 66.8. The van der Waals surface area contributed by atoms with Gasteiger partial charge in [-0.2, -0.15) is 0 Å². The number of aliphatic hydroxyl groups excluding tert-OH is 1. The lowest BCUT2D eigenvalue weighted by molar-refractivity contribution is -0.313. The minimum atomic E-state index is -3.26. The predicted molar refractivity (Wildman–Crippen MR) is 215 cm³/mol. The number of fused-ring (bicyclic) bond motifs is 6. The molecule has 6 rings (SSSR count). The maximum absolute atomic E-state index is 12.9. The van der Waals surface area contributed by atoms with E-state index in [-0.39, 0.29) is 27.6 Å². The van der Waals surface area contributed by atoms with Gasteiger partial charge in [-0.1, -0.05) is 81.3 Å². The van der Waals surface area contributed by atoms with E-state index in [1.54, 1.807) is 0 Å². The van der Waals surface area contributed by atoms with Gasteiger partial charge in [0.05, 0.1) is 0 Å². The fourth-order valence-corrected chi connectivity index (χ4v) is 22.5. The largest absolute Gasteiger partial charge is 0.463 e. The van der Waals surface area contributed by atoms with Gasteiger partial charge < -0.3 is 51.2 Å². The summed E-state index contributed by atoms with van der Waals surface area (Å²) in [6.07, 6.45) is -9.38. The molecule has 6 fully saturated rings. The third kappa shape index (κ3) is 7.51. The number of esters is 3. The van der Waals surface area contributed by atoms with E-state index in [1.165, 1.54) is 6.92 Å². The van der Waals surface area contributed by atoms with Crippen LogP contribution in [0.15, 0.2) is 5.11 Å². The molecule has 1 N–H and O–H groups in total. The van der Waals surface area contributed by atoms with Crippen LogP contribution in [-0.4, -0.2) is 120 Å². The number of ether oxygens (including phenoxy) is 7. The van der Waals surface area contributed by atoms with Gasteiger partial charge in [-0.05, 0) is 51.9 Å². The van der Waals surface area contributed by atoms with Gasteiger partial charge in [-0.25, -0.2) is 0 Å². The van der Waals surface area contributed by atoms with Gasteiger partial charge in [0.1, 0.15) is 55.4 Å². The van der Waals surface area contributed by atoms with E-state index < -0.39 is 120 Å². The molecule has 59 heavy (non-hydrogen) atoms. The Kier molecular flexibility index (Phi) is 13.0. The first kappa shape index (κ1) is 46.3. The van der Waals surface area contributed by atoms with Crippen LogP contribution in [0.4, 0.5) is 0 Å². The van der Waals surface area contributed by atoms with Gasteiger partial charge in [-0.3, -0.25) is 14.4 Å². The third-order valence-corrected chi connectivity index (χ3v) is 25.0. The molecule has 2 bridgehead atoms. The molecule has 19 heteroatoms. The maximum atomic E-state index is 12.9. The van der Waals surface area contributed by atoms with Crippen LogP contribution in [-0.2, 0) is 60.5 Å². The molecule has 3 saturated carbocycles. The first-order valence-corrected chi connectivity index (χ1v) is 25.3. The van der Waals surface area contributed by atoms with Crippen LogP contribution in [0.5, 0.6) is 0 Å². The van der Waals surface area contributed by atoms with Crippen molar-refractivity contribution in [2.45, 2.75) is 211 Å². The number of nitrogens with zero attached hydrogens (tertiary/aromatic N) is 3. The number of rotatable bonds is 11. The summed E-state index contributed by atoms with van der Waals surface area (Å²) >= 11 is 0. The second-order valence-electron chi connectivity index (χ2n) is 19.5. The van der Waals surface area contributed by atoms with Gasteiger partial charge in [-0.15, -0.1) is 0 Å². The zero-order valence-corrected chi connectivity index (χ0v) is 39.2. The smallest absolute Gasteiger partial charge is 0.335 e. The second-order valence-corrected chi connectivity index (χ2v) is 28.3. The molecule has 0 radical (unpaired) electrons. The Hall–Kier alpha value is -2.17. The van der Waals surface area contributed by atoms with Crippen LogP contribution in [0, 0.1) is 16.7 Å². The summed E-state index contributed by atoms with van der Waals surface area (Å²) in [5, 5.41) is 16.9. The Labute approximate surface area is 350 Å². The van der Waals surface area contributed by atoms with Crippen LogP contribution in [0.25, 0.3) is 10.4 Å². The zero-order valence-electron chi connectivity index (χ0n) is 37.2. The van der Waals surface area contributed by atoms with Crippen molar-refractivity contribution >= 4 is 35.0 Å². The lowest BCUT2D eigenvalue weighted by Gasteiger charge is -2.49. The summed E-state index contributed by atoms with van der Waals surface area (Å²) in [7, 11) is -6.44. The normalized spacial score (nSPS) is 41.7. The first-order chi connectivity index (χ1) is 27.4. The van der Waals surface area contributed by atoms with Crippen LogP contribution >= 0.6 is 0 Å². The highest BCUT2D eigenvalue weighted by Crippen LogP contribution is 2.73. The zero-order chi connectivity index (χ0) is 43.8. The van der Waals surface area contributed by atoms with Crippen molar-refractivity contribution in [3.8, 4) is 0 Å². The summed E-state index contributed by atoms with van der Waals surface area (Å²) in [4.78, 5) is 40.0. The summed E-state index contributed by atoms with van der Waals surface area (Å²) in [5.74, 6) is -2.92. The summed E-state index contributed by atoms with van der Waals surface area (Å²) in [6.45, 7) is 26.7. The number of carbonyl (C=O) groups is 3. The van der Waals surface area contributed by atoms with Crippen LogP contribution in [0.3, 0.4) is 0 Å². The Balaban J connectivity index is 1.50. The fraction of sp³-hybridized carbons (Fsp3) is 0.925. The van der Waals surface area contributed by atoms with Gasteiger partial charge in [0.15, 0.2) is 24.3 Å². The molecule has 334 valence electrons. The van der Waals surface area contributed by atoms with Crippen molar-refractivity contribution in [2.24, 2.45) is 21.9 Å². The first-order valence-electron chi connectivity index (χ1n) is 21.3. The Morgan fingerprint density at radius 3 is 1.81 bits per heavy atom. The molecule has 0 aromatic carbocycles. The number of azide groups is 1. The van der Waals surface area contributed by atoms with E-state index in [0.717, 1.165) is 26.7 Å². The highest BCUT2D eigenvalue weighted by atomic mass is 28.5. The third-order valence-electron chi connectivity index (χ3n) is 14.7. The summed E-state index contributed by atoms with van der Waals surface area (Å²) in [5.41, 5.74) is 9.22. The highest BCUT2D eigenvalue weighted by molar-refractivity contribution is 6.84. The van der Waals surface area contributed by atoms with Crippen molar-refractivity contribution < 1.29 is 65.6 Å². The topological polar surface area (TPSA) is 212 Å². The molecule has 1 spiro atoms. The molecule has 3 aliphatic heterocycles. The van der Waals surface area contributed by atoms with Gasteiger partial charge >= 0.3 is 35.0 Å². The molecular weight excluding hydrogens is 803 g/mol. The minimum Gasteiger partial charge on any atom is -0.463 e. The lowest BCUT2D eigenvalue weighted by Crippen LogP contribution is -2.68. The molecule has 0 amide bonds. The molecule has 14 atom stereocenters. The van der Waals surface area contributed by atoms with E-state index >= 15 is 0 Å². The monoisotopic (exact) mass is 869 g/mol. The molecule has 0 aromatic rings. The van der Waals surface area contributed by atoms with Crippen molar-refractivity contribution in [1.29, 1.82) is 0 Å². The Morgan fingerprint density at radius 1 is 0.797 bits per heavy atom. The van der Waals surface area contributed by atoms with Crippen molar-refractivity contribution in [2.75, 3.05) is 6.61 Å². The molecule has 0 aromatic heterocycles. The molecule has 1 unspecified atom stereocenters. The van der Waals surface area contributed by atoms with Crippen LogP contribution in [0.2, 0.25) is 22.2 Å².